The molecule has 1 unspecified atom stereocenters. The summed E-state index contributed by atoms with van der Waals surface area (Å²) < 4.78 is 36.3. The number of hydrogen-bond acceptors (Lipinski definition) is 5. The minimum atomic E-state index is -3.36. The van der Waals surface area contributed by atoms with E-state index in [1.165, 1.54) is 0 Å². The molecule has 1 aromatic carbocycles. The van der Waals surface area contributed by atoms with Gasteiger partial charge in [0.05, 0.1) is 22.7 Å². The summed E-state index contributed by atoms with van der Waals surface area (Å²) in [4.78, 5) is 12.9. The summed E-state index contributed by atoms with van der Waals surface area (Å²) in [6, 6.07) is 6.95. The van der Waals surface area contributed by atoms with Gasteiger partial charge in [0.25, 0.3) is 0 Å². The van der Waals surface area contributed by atoms with Crippen LogP contribution in [0.25, 0.3) is 0 Å². The highest BCUT2D eigenvalue weighted by atomic mass is 32.2. The fourth-order valence-corrected chi connectivity index (χ4v) is 5.42. The first-order chi connectivity index (χ1) is 12.0. The summed E-state index contributed by atoms with van der Waals surface area (Å²) >= 11 is 0. The lowest BCUT2D eigenvalue weighted by atomic mass is 9.85. The molecule has 0 spiro atoms. The van der Waals surface area contributed by atoms with E-state index in [9.17, 15) is 13.2 Å². The highest BCUT2D eigenvalue weighted by Crippen LogP contribution is 2.39. The molecule has 2 aliphatic rings. The van der Waals surface area contributed by atoms with Crippen LogP contribution in [0.5, 0.6) is 0 Å². The summed E-state index contributed by atoms with van der Waals surface area (Å²) in [5.74, 6) is -0.514. The van der Waals surface area contributed by atoms with E-state index in [0.29, 0.717) is 55.5 Å². The first-order valence-electron chi connectivity index (χ1n) is 9.11. The maximum atomic E-state index is 12.8. The molecule has 1 aliphatic carbocycles. The van der Waals surface area contributed by atoms with Crippen LogP contribution in [0.15, 0.2) is 29.2 Å². The average Bonchev–Trinajstić information content (AvgIpc) is 3.46. The molecule has 5 nitrogen and oxygen atoms in total. The average molecular weight is 366 g/mol. The van der Waals surface area contributed by atoms with Crippen molar-refractivity contribution in [2.45, 2.75) is 55.1 Å². The van der Waals surface area contributed by atoms with Gasteiger partial charge in [0, 0.05) is 13.2 Å². The van der Waals surface area contributed by atoms with Gasteiger partial charge in [0.1, 0.15) is 0 Å². The maximum absolute atomic E-state index is 12.8. The summed E-state index contributed by atoms with van der Waals surface area (Å²) in [7, 11) is -3.36. The minimum absolute atomic E-state index is 0.292. The van der Waals surface area contributed by atoms with Gasteiger partial charge in [-0.2, -0.15) is 0 Å². The van der Waals surface area contributed by atoms with E-state index in [1.807, 2.05) is 0 Å². The quantitative estimate of drug-likeness (QED) is 0.694. The minimum Gasteiger partial charge on any atom is -0.466 e. The van der Waals surface area contributed by atoms with Crippen molar-refractivity contribution in [3.05, 3.63) is 29.8 Å². The molecule has 1 saturated heterocycles. The number of hydrogen-bond donors (Lipinski definition) is 0. The zero-order valence-corrected chi connectivity index (χ0v) is 15.5. The van der Waals surface area contributed by atoms with Gasteiger partial charge >= 0.3 is 5.97 Å². The Morgan fingerprint density at radius 3 is 2.52 bits per heavy atom. The monoisotopic (exact) mass is 366 g/mol. The lowest BCUT2D eigenvalue weighted by Gasteiger charge is -2.27. The molecular formula is C19H26O5S. The predicted octanol–water partition coefficient (Wildman–Crippen LogP) is 3.09. The maximum Gasteiger partial charge on any atom is 0.313 e. The Labute approximate surface area is 149 Å². The van der Waals surface area contributed by atoms with Crippen molar-refractivity contribution in [1.82, 2.24) is 0 Å². The Morgan fingerprint density at radius 1 is 1.20 bits per heavy atom. The summed E-state index contributed by atoms with van der Waals surface area (Å²) in [6.45, 7) is 3.46. The van der Waals surface area contributed by atoms with Crippen molar-refractivity contribution < 1.29 is 22.7 Å². The summed E-state index contributed by atoms with van der Waals surface area (Å²) in [5, 5.41) is -0.292. The number of sulfone groups is 1. The van der Waals surface area contributed by atoms with E-state index < -0.39 is 15.8 Å². The highest BCUT2D eigenvalue weighted by Gasteiger charge is 2.40. The van der Waals surface area contributed by atoms with Crippen molar-refractivity contribution in [3.8, 4) is 0 Å². The summed E-state index contributed by atoms with van der Waals surface area (Å²) in [6.07, 6.45) is 3.82. The lowest BCUT2D eigenvalue weighted by Crippen LogP contribution is -2.25. The largest absolute Gasteiger partial charge is 0.466 e. The zero-order chi connectivity index (χ0) is 17.9. The second-order valence-electron chi connectivity index (χ2n) is 6.88. The molecule has 0 amide bonds. The number of rotatable bonds is 7. The van der Waals surface area contributed by atoms with Crippen molar-refractivity contribution in [2.24, 2.45) is 5.92 Å². The molecule has 3 rings (SSSR count). The number of esters is 1. The van der Waals surface area contributed by atoms with E-state index in [2.05, 4.69) is 0 Å². The molecule has 1 atom stereocenters. The van der Waals surface area contributed by atoms with Gasteiger partial charge in [0.15, 0.2) is 9.84 Å². The molecule has 0 bridgehead atoms. The van der Waals surface area contributed by atoms with Gasteiger partial charge in [-0.3, -0.25) is 4.79 Å². The fraction of sp³-hybridized carbons (Fsp3) is 0.632. The molecule has 1 aliphatic heterocycles. The van der Waals surface area contributed by atoms with Crippen molar-refractivity contribution in [3.63, 3.8) is 0 Å². The van der Waals surface area contributed by atoms with Crippen molar-refractivity contribution >= 4 is 15.8 Å². The van der Waals surface area contributed by atoms with Gasteiger partial charge in [-0.15, -0.1) is 0 Å². The lowest BCUT2D eigenvalue weighted by molar-refractivity contribution is -0.145. The molecular weight excluding hydrogens is 340 g/mol. The molecule has 1 aromatic rings. The Morgan fingerprint density at radius 2 is 1.88 bits per heavy atom. The zero-order valence-electron chi connectivity index (χ0n) is 14.6. The Bertz CT molecular complexity index is 702. The molecule has 0 N–H and O–H groups in total. The second kappa shape index (κ2) is 7.87. The number of benzene rings is 1. The van der Waals surface area contributed by atoms with Gasteiger partial charge in [-0.05, 0) is 56.6 Å². The van der Waals surface area contributed by atoms with Crippen LogP contribution in [0, 0.1) is 5.92 Å². The Balaban J connectivity index is 1.93. The van der Waals surface area contributed by atoms with E-state index in [1.54, 1.807) is 31.2 Å². The van der Waals surface area contributed by atoms with E-state index in [0.717, 1.165) is 12.8 Å². The number of ether oxygens (including phenoxy) is 2. The molecule has 25 heavy (non-hydrogen) atoms. The standard InChI is InChI=1S/C19H26O5S/c1-2-24-19(20)17(13-14-9-11-23-12-10-14)16-5-3-4-6-18(16)25(21,22)15-7-8-15/h3-6,14-15,17H,2,7-13H2,1H3. The molecule has 2 fully saturated rings. The molecule has 6 heteroatoms. The topological polar surface area (TPSA) is 69.7 Å². The smallest absolute Gasteiger partial charge is 0.313 e. The normalized spacial score (nSPS) is 20.2. The Kier molecular flexibility index (Phi) is 5.79. The van der Waals surface area contributed by atoms with E-state index in [-0.39, 0.29) is 11.2 Å². The third-order valence-electron chi connectivity index (χ3n) is 5.05. The number of carbonyl (C=O) groups excluding carboxylic acids is 1. The van der Waals surface area contributed by atoms with Crippen LogP contribution in [-0.2, 0) is 24.1 Å². The fourth-order valence-electron chi connectivity index (χ4n) is 3.49. The van der Waals surface area contributed by atoms with Crippen LogP contribution in [0.3, 0.4) is 0 Å². The third kappa shape index (κ3) is 4.23. The van der Waals surface area contributed by atoms with Crippen LogP contribution in [0.4, 0.5) is 0 Å². The van der Waals surface area contributed by atoms with E-state index in [4.69, 9.17) is 9.47 Å². The molecule has 1 saturated carbocycles. The third-order valence-corrected chi connectivity index (χ3v) is 7.38. The summed E-state index contributed by atoms with van der Waals surface area (Å²) in [5.41, 5.74) is 0.597. The second-order valence-corrected chi connectivity index (χ2v) is 9.07. The van der Waals surface area contributed by atoms with Crippen LogP contribution in [-0.4, -0.2) is 39.5 Å². The SMILES string of the molecule is CCOC(=O)C(CC1CCOCC1)c1ccccc1S(=O)(=O)C1CC1. The van der Waals surface area contributed by atoms with Gasteiger partial charge in [0.2, 0.25) is 0 Å². The molecule has 138 valence electrons. The van der Waals surface area contributed by atoms with E-state index >= 15 is 0 Å². The predicted molar refractivity (Wildman–Crippen MR) is 94.2 cm³/mol. The van der Waals surface area contributed by atoms with Crippen LogP contribution in [0.1, 0.15) is 50.5 Å². The first kappa shape index (κ1) is 18.4. The van der Waals surface area contributed by atoms with Crippen LogP contribution < -0.4 is 0 Å². The van der Waals surface area contributed by atoms with Gasteiger partial charge < -0.3 is 9.47 Å². The first-order valence-corrected chi connectivity index (χ1v) is 10.7. The van der Waals surface area contributed by atoms with Gasteiger partial charge in [-0.25, -0.2) is 8.42 Å². The van der Waals surface area contributed by atoms with Crippen LogP contribution in [0.2, 0.25) is 0 Å². The molecule has 0 aromatic heterocycles. The Hall–Kier alpha value is -1.40. The van der Waals surface area contributed by atoms with Crippen molar-refractivity contribution in [2.75, 3.05) is 19.8 Å². The highest BCUT2D eigenvalue weighted by molar-refractivity contribution is 7.92. The molecule has 1 heterocycles. The van der Waals surface area contributed by atoms with Crippen molar-refractivity contribution in [1.29, 1.82) is 0 Å². The van der Waals surface area contributed by atoms with Crippen LogP contribution >= 0.6 is 0 Å². The van der Waals surface area contributed by atoms with Gasteiger partial charge in [-0.1, -0.05) is 18.2 Å². The number of carbonyl (C=O) groups is 1. The molecule has 0 radical (unpaired) electrons.